The molecule has 1 heterocycles. The van der Waals surface area contributed by atoms with Crippen LogP contribution in [0.3, 0.4) is 0 Å². The second-order valence-corrected chi connectivity index (χ2v) is 6.07. The first-order chi connectivity index (χ1) is 11.0. The maximum atomic E-state index is 11.1. The Morgan fingerprint density at radius 1 is 1.22 bits per heavy atom. The van der Waals surface area contributed by atoms with E-state index in [1.165, 1.54) is 0 Å². The smallest absolute Gasteiger partial charge is 0.305 e. The quantitative estimate of drug-likeness (QED) is 0.759. The van der Waals surface area contributed by atoms with Crippen LogP contribution in [-0.2, 0) is 11.2 Å². The van der Waals surface area contributed by atoms with E-state index >= 15 is 0 Å². The molecule has 0 bridgehead atoms. The number of carbonyl (C=O) groups is 1. The highest BCUT2D eigenvalue weighted by Gasteiger charge is 2.18. The van der Waals surface area contributed by atoms with Gasteiger partial charge in [-0.25, -0.2) is 4.98 Å². The third-order valence-corrected chi connectivity index (χ3v) is 4.11. The Morgan fingerprint density at radius 3 is 2.61 bits per heavy atom. The van der Waals surface area contributed by atoms with E-state index in [4.69, 9.17) is 21.7 Å². The summed E-state index contributed by atoms with van der Waals surface area (Å²) in [6.45, 7) is 1.91. The minimum atomic E-state index is -0.812. The summed E-state index contributed by atoms with van der Waals surface area (Å²) in [6, 6.07) is 15.3. The van der Waals surface area contributed by atoms with E-state index in [9.17, 15) is 4.79 Å². The summed E-state index contributed by atoms with van der Waals surface area (Å²) in [5, 5.41) is 9.81. The second kappa shape index (κ2) is 6.42. The van der Waals surface area contributed by atoms with Gasteiger partial charge in [0.1, 0.15) is 5.82 Å². The van der Waals surface area contributed by atoms with E-state index in [-0.39, 0.29) is 12.5 Å². The minimum Gasteiger partial charge on any atom is -0.481 e. The van der Waals surface area contributed by atoms with Crippen molar-refractivity contribution >= 4 is 28.6 Å². The van der Waals surface area contributed by atoms with E-state index in [1.807, 2.05) is 60.0 Å². The standard InChI is InChI=1S/C18H17ClN2O2/c1-12(10-18(22)23)21-16-5-3-2-4-15(16)20-17(21)11-13-6-8-14(19)9-7-13/h2-9,12H,10-11H2,1H3,(H,22,23). The molecule has 118 valence electrons. The number of imidazole rings is 1. The average Bonchev–Trinajstić information content (AvgIpc) is 2.86. The molecule has 1 atom stereocenters. The van der Waals surface area contributed by atoms with Crippen LogP contribution in [0.1, 0.15) is 30.8 Å². The lowest BCUT2D eigenvalue weighted by Crippen LogP contribution is -2.13. The first kappa shape index (κ1) is 15.6. The van der Waals surface area contributed by atoms with Crippen LogP contribution in [0.4, 0.5) is 0 Å². The molecular weight excluding hydrogens is 312 g/mol. The minimum absolute atomic E-state index is 0.0635. The van der Waals surface area contributed by atoms with Gasteiger partial charge in [-0.15, -0.1) is 0 Å². The van der Waals surface area contributed by atoms with Crippen molar-refractivity contribution < 1.29 is 9.90 Å². The van der Waals surface area contributed by atoms with E-state index in [2.05, 4.69) is 0 Å². The van der Waals surface area contributed by atoms with Crippen molar-refractivity contribution in [2.24, 2.45) is 0 Å². The van der Waals surface area contributed by atoms with Crippen molar-refractivity contribution in [3.8, 4) is 0 Å². The Labute approximate surface area is 139 Å². The number of carboxylic acids is 1. The van der Waals surface area contributed by atoms with Gasteiger partial charge in [0.25, 0.3) is 0 Å². The number of benzene rings is 2. The Kier molecular flexibility index (Phi) is 4.35. The number of halogens is 1. The van der Waals surface area contributed by atoms with Crippen LogP contribution in [0.5, 0.6) is 0 Å². The van der Waals surface area contributed by atoms with Gasteiger partial charge in [-0.3, -0.25) is 4.79 Å². The summed E-state index contributed by atoms with van der Waals surface area (Å²) in [7, 11) is 0. The summed E-state index contributed by atoms with van der Waals surface area (Å²) in [6.07, 6.45) is 0.698. The maximum Gasteiger partial charge on any atom is 0.305 e. The largest absolute Gasteiger partial charge is 0.481 e. The summed E-state index contributed by atoms with van der Waals surface area (Å²) >= 11 is 5.93. The number of aromatic nitrogens is 2. The van der Waals surface area contributed by atoms with Gasteiger partial charge in [-0.2, -0.15) is 0 Å². The van der Waals surface area contributed by atoms with Crippen molar-refractivity contribution in [2.75, 3.05) is 0 Å². The van der Waals surface area contributed by atoms with Crippen molar-refractivity contribution in [3.05, 3.63) is 64.9 Å². The van der Waals surface area contributed by atoms with E-state index < -0.39 is 5.97 Å². The maximum absolute atomic E-state index is 11.1. The number of nitrogens with zero attached hydrogens (tertiary/aromatic N) is 2. The zero-order valence-corrected chi connectivity index (χ0v) is 13.5. The van der Waals surface area contributed by atoms with Crippen molar-refractivity contribution in [1.29, 1.82) is 0 Å². The molecule has 0 amide bonds. The van der Waals surface area contributed by atoms with Gasteiger partial charge in [0.05, 0.1) is 17.5 Å². The molecule has 1 unspecified atom stereocenters. The van der Waals surface area contributed by atoms with Crippen LogP contribution in [0.25, 0.3) is 11.0 Å². The predicted octanol–water partition coefficient (Wildman–Crippen LogP) is 4.32. The molecule has 2 aromatic carbocycles. The molecule has 1 aromatic heterocycles. The van der Waals surface area contributed by atoms with Gasteiger partial charge < -0.3 is 9.67 Å². The molecule has 23 heavy (non-hydrogen) atoms. The first-order valence-corrected chi connectivity index (χ1v) is 7.84. The second-order valence-electron chi connectivity index (χ2n) is 5.64. The Bertz CT molecular complexity index is 840. The third-order valence-electron chi connectivity index (χ3n) is 3.86. The number of carboxylic acid groups (broad SMARTS) is 1. The molecule has 0 aliphatic carbocycles. The Hall–Kier alpha value is -2.33. The molecule has 3 rings (SSSR count). The van der Waals surface area contributed by atoms with Crippen LogP contribution in [0.2, 0.25) is 5.02 Å². The molecule has 4 nitrogen and oxygen atoms in total. The molecular formula is C18H17ClN2O2. The fourth-order valence-electron chi connectivity index (χ4n) is 2.84. The Morgan fingerprint density at radius 2 is 1.91 bits per heavy atom. The molecule has 0 aliphatic heterocycles. The molecule has 0 radical (unpaired) electrons. The summed E-state index contributed by atoms with van der Waals surface area (Å²) in [5.41, 5.74) is 2.94. The summed E-state index contributed by atoms with van der Waals surface area (Å²) < 4.78 is 2.03. The summed E-state index contributed by atoms with van der Waals surface area (Å²) in [5.74, 6) is 0.0509. The number of aliphatic carboxylic acids is 1. The van der Waals surface area contributed by atoms with E-state index in [1.54, 1.807) is 0 Å². The number of hydrogen-bond acceptors (Lipinski definition) is 2. The number of para-hydroxylation sites is 2. The third kappa shape index (κ3) is 3.37. The highest BCUT2D eigenvalue weighted by molar-refractivity contribution is 6.30. The van der Waals surface area contributed by atoms with Gasteiger partial charge in [0.15, 0.2) is 0 Å². The molecule has 0 fully saturated rings. The summed E-state index contributed by atoms with van der Waals surface area (Å²) in [4.78, 5) is 15.8. The molecule has 0 spiro atoms. The predicted molar refractivity (Wildman–Crippen MR) is 91.0 cm³/mol. The zero-order valence-electron chi connectivity index (χ0n) is 12.7. The molecule has 3 aromatic rings. The molecule has 1 N–H and O–H groups in total. The van der Waals surface area contributed by atoms with Gasteiger partial charge in [-0.1, -0.05) is 35.9 Å². The monoisotopic (exact) mass is 328 g/mol. The highest BCUT2D eigenvalue weighted by Crippen LogP contribution is 2.25. The van der Waals surface area contributed by atoms with Crippen molar-refractivity contribution in [1.82, 2.24) is 9.55 Å². The number of hydrogen-bond donors (Lipinski definition) is 1. The van der Waals surface area contributed by atoms with E-state index in [0.717, 1.165) is 22.4 Å². The van der Waals surface area contributed by atoms with Crippen molar-refractivity contribution in [2.45, 2.75) is 25.8 Å². The molecule has 0 saturated heterocycles. The topological polar surface area (TPSA) is 55.1 Å². The lowest BCUT2D eigenvalue weighted by Gasteiger charge is -2.16. The molecule has 5 heteroatoms. The highest BCUT2D eigenvalue weighted by atomic mass is 35.5. The zero-order chi connectivity index (χ0) is 16.4. The fourth-order valence-corrected chi connectivity index (χ4v) is 2.97. The van der Waals surface area contributed by atoms with Crippen LogP contribution < -0.4 is 0 Å². The van der Waals surface area contributed by atoms with Crippen LogP contribution in [-0.4, -0.2) is 20.6 Å². The number of fused-ring (bicyclic) bond motifs is 1. The molecule has 0 aliphatic rings. The fraction of sp³-hybridized carbons (Fsp3) is 0.222. The van der Waals surface area contributed by atoms with E-state index in [0.29, 0.717) is 11.4 Å². The SMILES string of the molecule is CC(CC(=O)O)n1c(Cc2ccc(Cl)cc2)nc2ccccc21. The lowest BCUT2D eigenvalue weighted by molar-refractivity contribution is -0.137. The van der Waals surface area contributed by atoms with Gasteiger partial charge >= 0.3 is 5.97 Å². The average molecular weight is 329 g/mol. The Balaban J connectivity index is 2.04. The lowest BCUT2D eigenvalue weighted by atomic mass is 10.1. The van der Waals surface area contributed by atoms with Crippen molar-refractivity contribution in [3.63, 3.8) is 0 Å². The van der Waals surface area contributed by atoms with Crippen LogP contribution in [0.15, 0.2) is 48.5 Å². The van der Waals surface area contributed by atoms with Crippen LogP contribution in [0, 0.1) is 0 Å². The first-order valence-electron chi connectivity index (χ1n) is 7.46. The van der Waals surface area contributed by atoms with Crippen LogP contribution >= 0.6 is 11.6 Å². The molecule has 0 saturated carbocycles. The normalized spacial score (nSPS) is 12.4. The van der Waals surface area contributed by atoms with Gasteiger partial charge in [0, 0.05) is 17.5 Å². The van der Waals surface area contributed by atoms with Gasteiger partial charge in [-0.05, 0) is 36.8 Å². The number of rotatable bonds is 5. The van der Waals surface area contributed by atoms with Gasteiger partial charge in [0.2, 0.25) is 0 Å².